The second kappa shape index (κ2) is 64.1. The summed E-state index contributed by atoms with van der Waals surface area (Å²) in [6, 6.07) is -0.539. The molecule has 6 nitrogen and oxygen atoms in total. The topological polar surface area (TPSA) is 95.9 Å². The first-order chi connectivity index (χ1) is 36.5. The molecule has 2 unspecified atom stereocenters. The van der Waals surface area contributed by atoms with Crippen LogP contribution in [0.15, 0.2) is 12.2 Å². The fraction of sp³-hybridized carbons (Fsp3) is 0.941. The highest BCUT2D eigenvalue weighted by atomic mass is 16.5. The van der Waals surface area contributed by atoms with Gasteiger partial charge in [-0.1, -0.05) is 334 Å². The summed E-state index contributed by atoms with van der Waals surface area (Å²) in [5, 5.41) is 23.3. The number of aliphatic hydroxyl groups is 2. The van der Waals surface area contributed by atoms with Gasteiger partial charge in [0.2, 0.25) is 5.91 Å². The zero-order valence-corrected chi connectivity index (χ0v) is 50.4. The number of aliphatic hydroxyl groups excluding tert-OH is 2. The molecule has 0 fully saturated rings. The molecule has 0 saturated heterocycles. The van der Waals surface area contributed by atoms with E-state index >= 15 is 0 Å². The monoisotopic (exact) mass is 1040 g/mol. The number of rotatable bonds is 64. The quantitative estimate of drug-likeness (QED) is 0.0320. The molecule has 0 heterocycles. The third kappa shape index (κ3) is 59.8. The first-order valence-electron chi connectivity index (χ1n) is 33.9. The Morgan fingerprint density at radius 3 is 0.959 bits per heavy atom. The lowest BCUT2D eigenvalue weighted by Crippen LogP contribution is -2.45. The van der Waals surface area contributed by atoms with Crippen LogP contribution >= 0.6 is 0 Å². The second-order valence-corrected chi connectivity index (χ2v) is 23.5. The molecule has 0 spiro atoms. The van der Waals surface area contributed by atoms with E-state index in [1.54, 1.807) is 0 Å². The highest BCUT2D eigenvalue weighted by Gasteiger charge is 2.20. The number of amides is 1. The summed E-state index contributed by atoms with van der Waals surface area (Å²) in [6.45, 7) is 4.98. The number of ether oxygens (including phenoxy) is 1. The number of unbranched alkanes of at least 4 members (excludes halogenated alkanes) is 51. The first-order valence-corrected chi connectivity index (χ1v) is 33.9. The molecule has 0 aliphatic carbocycles. The molecule has 2 atom stereocenters. The highest BCUT2D eigenvalue weighted by Crippen LogP contribution is 2.19. The minimum Gasteiger partial charge on any atom is -0.466 e. The van der Waals surface area contributed by atoms with Crippen LogP contribution in [0.1, 0.15) is 386 Å². The Labute approximate surface area is 463 Å². The standard InChI is InChI=1S/C68H133NO5/c1-3-5-7-9-11-13-15-17-19-33-36-40-44-48-52-56-60-66(71)65(64-70)69-67(72)61-57-53-49-45-41-37-34-30-28-26-24-22-20-21-23-25-27-29-31-35-39-43-47-51-55-59-63-74-68(73)62-58-54-50-46-42-38-32-18-16-14-12-10-8-6-4-2/h18,32,65-66,70-71H,3-17,19-31,33-64H2,1-2H3,(H,69,72)/b32-18-. The van der Waals surface area contributed by atoms with Crippen molar-refractivity contribution in [3.05, 3.63) is 12.2 Å². The Morgan fingerprint density at radius 1 is 0.365 bits per heavy atom. The smallest absolute Gasteiger partial charge is 0.305 e. The van der Waals surface area contributed by atoms with Gasteiger partial charge in [-0.05, 0) is 51.4 Å². The van der Waals surface area contributed by atoms with Crippen molar-refractivity contribution in [2.24, 2.45) is 0 Å². The zero-order chi connectivity index (χ0) is 53.6. The molecular weight excluding hydrogens is 911 g/mol. The molecule has 0 aromatic rings. The molecule has 0 radical (unpaired) electrons. The van der Waals surface area contributed by atoms with Crippen LogP contribution < -0.4 is 5.32 Å². The summed E-state index contributed by atoms with van der Waals surface area (Å²) in [4.78, 5) is 24.6. The van der Waals surface area contributed by atoms with Crippen LogP contribution in [-0.2, 0) is 14.3 Å². The van der Waals surface area contributed by atoms with Crippen molar-refractivity contribution in [3.63, 3.8) is 0 Å². The molecule has 0 aromatic carbocycles. The number of esters is 1. The maximum absolute atomic E-state index is 12.5. The van der Waals surface area contributed by atoms with Crippen molar-refractivity contribution in [2.45, 2.75) is 398 Å². The molecular formula is C68H133NO5. The van der Waals surface area contributed by atoms with Gasteiger partial charge in [-0.15, -0.1) is 0 Å². The van der Waals surface area contributed by atoms with Crippen LogP contribution in [0.5, 0.6) is 0 Å². The normalized spacial score (nSPS) is 12.5. The Kier molecular flexibility index (Phi) is 62.9. The van der Waals surface area contributed by atoms with E-state index in [2.05, 4.69) is 31.3 Å². The molecule has 6 heteroatoms. The summed E-state index contributed by atoms with van der Waals surface area (Å²) in [7, 11) is 0. The van der Waals surface area contributed by atoms with E-state index in [1.807, 2.05) is 0 Å². The number of allylic oxidation sites excluding steroid dienone is 2. The van der Waals surface area contributed by atoms with E-state index < -0.39 is 12.1 Å². The van der Waals surface area contributed by atoms with E-state index in [4.69, 9.17) is 4.74 Å². The van der Waals surface area contributed by atoms with E-state index in [0.29, 0.717) is 25.9 Å². The summed E-state index contributed by atoms with van der Waals surface area (Å²) < 4.78 is 5.49. The molecule has 0 saturated carbocycles. The number of nitrogens with one attached hydrogen (secondary N) is 1. The molecule has 0 aliphatic rings. The van der Waals surface area contributed by atoms with Crippen LogP contribution in [0.25, 0.3) is 0 Å². The Balaban J connectivity index is 3.34. The van der Waals surface area contributed by atoms with Gasteiger partial charge in [-0.25, -0.2) is 0 Å². The summed E-state index contributed by atoms with van der Waals surface area (Å²) in [5.74, 6) is -0.0191. The predicted molar refractivity (Wildman–Crippen MR) is 324 cm³/mol. The molecule has 440 valence electrons. The first kappa shape index (κ1) is 72.6. The zero-order valence-electron chi connectivity index (χ0n) is 50.4. The highest BCUT2D eigenvalue weighted by molar-refractivity contribution is 5.76. The van der Waals surface area contributed by atoms with Crippen molar-refractivity contribution >= 4 is 11.9 Å². The summed E-state index contributed by atoms with van der Waals surface area (Å²) in [5.41, 5.74) is 0. The Morgan fingerprint density at radius 2 is 0.635 bits per heavy atom. The average Bonchev–Trinajstić information content (AvgIpc) is 3.40. The van der Waals surface area contributed by atoms with Crippen LogP contribution in [0.2, 0.25) is 0 Å². The number of hydrogen-bond acceptors (Lipinski definition) is 5. The average molecular weight is 1040 g/mol. The maximum Gasteiger partial charge on any atom is 0.305 e. The van der Waals surface area contributed by atoms with E-state index in [-0.39, 0.29) is 18.5 Å². The Hall–Kier alpha value is -1.40. The minimum absolute atomic E-state index is 0.0102. The van der Waals surface area contributed by atoms with Gasteiger partial charge < -0.3 is 20.3 Å². The predicted octanol–water partition coefficient (Wildman–Crippen LogP) is 21.6. The Bertz CT molecular complexity index is 1110. The third-order valence-electron chi connectivity index (χ3n) is 16.1. The molecule has 0 aliphatic heterocycles. The number of carbonyl (C=O) groups excluding carboxylic acids is 2. The second-order valence-electron chi connectivity index (χ2n) is 23.5. The van der Waals surface area contributed by atoms with Crippen molar-refractivity contribution in [1.29, 1.82) is 0 Å². The summed E-state index contributed by atoms with van der Waals surface area (Å²) in [6.07, 6.45) is 78.2. The third-order valence-corrected chi connectivity index (χ3v) is 16.1. The molecule has 0 rings (SSSR count). The molecule has 1 amide bonds. The van der Waals surface area contributed by atoms with Gasteiger partial charge in [0.25, 0.3) is 0 Å². The lowest BCUT2D eigenvalue weighted by molar-refractivity contribution is -0.143. The van der Waals surface area contributed by atoms with Crippen molar-refractivity contribution in [3.8, 4) is 0 Å². The molecule has 0 bridgehead atoms. The molecule has 3 N–H and O–H groups in total. The van der Waals surface area contributed by atoms with Crippen molar-refractivity contribution in [2.75, 3.05) is 13.2 Å². The number of carbonyl (C=O) groups is 2. The van der Waals surface area contributed by atoms with Gasteiger partial charge in [-0.2, -0.15) is 0 Å². The van der Waals surface area contributed by atoms with Gasteiger partial charge >= 0.3 is 5.97 Å². The lowest BCUT2D eigenvalue weighted by atomic mass is 10.0. The van der Waals surface area contributed by atoms with E-state index in [9.17, 15) is 19.8 Å². The fourth-order valence-corrected chi connectivity index (χ4v) is 10.9. The largest absolute Gasteiger partial charge is 0.466 e. The van der Waals surface area contributed by atoms with Crippen LogP contribution in [-0.4, -0.2) is 47.4 Å². The SMILES string of the molecule is CCCCCCCC/C=C\CCCCCCCC(=O)OCCCCCCCCCCCCCCCCCCCCCCCCCCCCC(=O)NC(CO)C(O)CCCCCCCCCCCCCCCCCC. The van der Waals surface area contributed by atoms with Crippen LogP contribution in [0.3, 0.4) is 0 Å². The molecule has 0 aromatic heterocycles. The molecule has 74 heavy (non-hydrogen) atoms. The lowest BCUT2D eigenvalue weighted by Gasteiger charge is -2.22. The van der Waals surface area contributed by atoms with Gasteiger partial charge in [0.15, 0.2) is 0 Å². The van der Waals surface area contributed by atoms with Gasteiger partial charge in [0.05, 0.1) is 25.4 Å². The van der Waals surface area contributed by atoms with Crippen molar-refractivity contribution < 1.29 is 24.5 Å². The van der Waals surface area contributed by atoms with Gasteiger partial charge in [0, 0.05) is 12.8 Å². The maximum atomic E-state index is 12.5. The van der Waals surface area contributed by atoms with Crippen LogP contribution in [0, 0.1) is 0 Å². The summed E-state index contributed by atoms with van der Waals surface area (Å²) >= 11 is 0. The fourth-order valence-electron chi connectivity index (χ4n) is 10.9. The van der Waals surface area contributed by atoms with E-state index in [1.165, 1.54) is 308 Å². The van der Waals surface area contributed by atoms with Gasteiger partial charge in [-0.3, -0.25) is 9.59 Å². The van der Waals surface area contributed by atoms with Crippen molar-refractivity contribution in [1.82, 2.24) is 5.32 Å². The van der Waals surface area contributed by atoms with Gasteiger partial charge in [0.1, 0.15) is 0 Å². The van der Waals surface area contributed by atoms with Crippen LogP contribution in [0.4, 0.5) is 0 Å². The minimum atomic E-state index is -0.662. The number of hydrogen-bond donors (Lipinski definition) is 3. The van der Waals surface area contributed by atoms with E-state index in [0.717, 1.165) is 44.9 Å².